The highest BCUT2D eigenvalue weighted by Gasteiger charge is 2.45. The molecule has 29 heavy (non-hydrogen) atoms. The lowest BCUT2D eigenvalue weighted by Gasteiger charge is -2.41. The summed E-state index contributed by atoms with van der Waals surface area (Å²) in [6.07, 6.45) is 3.71. The van der Waals surface area contributed by atoms with E-state index < -0.39 is 11.2 Å². The van der Waals surface area contributed by atoms with Crippen LogP contribution >= 0.6 is 0 Å². The largest absolute Gasteiger partial charge is 0.460 e. The van der Waals surface area contributed by atoms with Gasteiger partial charge in [0.05, 0.1) is 5.92 Å². The highest BCUT2D eigenvalue weighted by Crippen LogP contribution is 2.45. The third kappa shape index (κ3) is 5.46. The molecule has 0 saturated heterocycles. The molecule has 3 rings (SSSR count). The number of rotatable bonds is 3. The average Bonchev–Trinajstić information content (AvgIpc) is 2.72. The summed E-state index contributed by atoms with van der Waals surface area (Å²) in [7, 11) is 1.70. The van der Waals surface area contributed by atoms with E-state index in [4.69, 9.17) is 9.47 Å². The number of benzene rings is 1. The topological polar surface area (TPSA) is 48.4 Å². The number of hydrogen-bond acceptors (Lipinski definition) is 4. The van der Waals surface area contributed by atoms with Gasteiger partial charge in [-0.25, -0.2) is 4.98 Å². The zero-order valence-corrected chi connectivity index (χ0v) is 17.6. The second-order valence-corrected chi connectivity index (χ2v) is 8.56. The van der Waals surface area contributed by atoms with Gasteiger partial charge in [-0.2, -0.15) is 0 Å². The van der Waals surface area contributed by atoms with Crippen LogP contribution in [0.3, 0.4) is 0 Å². The Kier molecular flexibility index (Phi) is 6.39. The molecule has 1 heterocycles. The van der Waals surface area contributed by atoms with Crippen LogP contribution in [0.15, 0.2) is 54.7 Å². The van der Waals surface area contributed by atoms with Crippen molar-refractivity contribution in [3.05, 3.63) is 66.0 Å². The van der Waals surface area contributed by atoms with Crippen molar-refractivity contribution in [2.75, 3.05) is 7.11 Å². The fourth-order valence-electron chi connectivity index (χ4n) is 3.86. The summed E-state index contributed by atoms with van der Waals surface area (Å²) >= 11 is 0. The van der Waals surface area contributed by atoms with Crippen molar-refractivity contribution in [1.29, 1.82) is 0 Å². The first-order chi connectivity index (χ1) is 13.8. The number of aromatic nitrogens is 1. The molecule has 1 unspecified atom stereocenters. The van der Waals surface area contributed by atoms with E-state index in [2.05, 4.69) is 29.0 Å². The maximum Gasteiger partial charge on any atom is 0.310 e. The van der Waals surface area contributed by atoms with Crippen molar-refractivity contribution in [1.82, 2.24) is 4.98 Å². The normalized spacial score (nSPS) is 24.3. The fourth-order valence-corrected chi connectivity index (χ4v) is 3.86. The molecule has 0 spiro atoms. The van der Waals surface area contributed by atoms with Gasteiger partial charge in [0.25, 0.3) is 0 Å². The Morgan fingerprint density at radius 2 is 1.86 bits per heavy atom. The van der Waals surface area contributed by atoms with E-state index in [9.17, 15) is 4.79 Å². The van der Waals surface area contributed by atoms with E-state index in [1.54, 1.807) is 13.3 Å². The van der Waals surface area contributed by atoms with Crippen molar-refractivity contribution in [3.8, 4) is 11.8 Å². The quantitative estimate of drug-likeness (QED) is 0.560. The van der Waals surface area contributed by atoms with Crippen molar-refractivity contribution in [2.24, 2.45) is 5.92 Å². The molecule has 1 aromatic carbocycles. The van der Waals surface area contributed by atoms with E-state index in [1.807, 2.05) is 57.2 Å². The van der Waals surface area contributed by atoms with Gasteiger partial charge in [-0.05, 0) is 63.7 Å². The predicted molar refractivity (Wildman–Crippen MR) is 113 cm³/mol. The first kappa shape index (κ1) is 21.1. The van der Waals surface area contributed by atoms with E-state index in [0.29, 0.717) is 19.3 Å². The molecule has 1 fully saturated rings. The van der Waals surface area contributed by atoms with Gasteiger partial charge in [-0.3, -0.25) is 4.79 Å². The fraction of sp³-hybridized carbons (Fsp3) is 0.440. The molecule has 2 aromatic rings. The lowest BCUT2D eigenvalue weighted by atomic mass is 9.69. The standard InChI is InChI=1S/C25H29NO3/c1-24(2,3)29-23(27)21-14-16-25(28-4,15-13-20-12-8-9-17-26-20)18-22(21)19-10-6-5-7-11-19/h5-12,17,21-22H,14,16,18H2,1-4H3/t21-,22+,25?/m1/s1. The Bertz CT molecular complexity index is 877. The van der Waals surface area contributed by atoms with Gasteiger partial charge >= 0.3 is 5.97 Å². The molecule has 0 aliphatic heterocycles. The minimum Gasteiger partial charge on any atom is -0.460 e. The molecule has 1 aliphatic carbocycles. The summed E-state index contributed by atoms with van der Waals surface area (Å²) in [6.45, 7) is 5.72. The Hall–Kier alpha value is -2.64. The molecular formula is C25H29NO3. The maximum absolute atomic E-state index is 13.0. The van der Waals surface area contributed by atoms with E-state index in [0.717, 1.165) is 11.3 Å². The van der Waals surface area contributed by atoms with E-state index in [-0.39, 0.29) is 17.8 Å². The van der Waals surface area contributed by atoms with Gasteiger partial charge in [-0.1, -0.05) is 42.3 Å². The van der Waals surface area contributed by atoms with Gasteiger partial charge in [-0.15, -0.1) is 0 Å². The van der Waals surface area contributed by atoms with Crippen molar-refractivity contribution >= 4 is 5.97 Å². The van der Waals surface area contributed by atoms with Crippen LogP contribution in [-0.2, 0) is 14.3 Å². The summed E-state index contributed by atoms with van der Waals surface area (Å²) in [5.41, 5.74) is 0.710. The summed E-state index contributed by atoms with van der Waals surface area (Å²) < 4.78 is 11.7. The number of esters is 1. The van der Waals surface area contributed by atoms with E-state index >= 15 is 0 Å². The molecule has 4 heteroatoms. The molecule has 0 radical (unpaired) electrons. The Morgan fingerprint density at radius 1 is 1.14 bits per heavy atom. The van der Waals surface area contributed by atoms with Crippen molar-refractivity contribution < 1.29 is 14.3 Å². The van der Waals surface area contributed by atoms with Gasteiger partial charge in [0, 0.05) is 19.2 Å². The zero-order valence-electron chi connectivity index (χ0n) is 17.6. The lowest BCUT2D eigenvalue weighted by Crippen LogP contribution is -2.43. The summed E-state index contributed by atoms with van der Waals surface area (Å²) in [6, 6.07) is 15.8. The van der Waals surface area contributed by atoms with Crippen LogP contribution in [0.25, 0.3) is 0 Å². The minimum atomic E-state index is -0.615. The molecule has 0 bridgehead atoms. The number of pyridine rings is 1. The first-order valence-corrected chi connectivity index (χ1v) is 10.1. The van der Waals surface area contributed by atoms with Gasteiger partial charge in [0.2, 0.25) is 0 Å². The minimum absolute atomic E-state index is 0.0159. The second-order valence-electron chi connectivity index (χ2n) is 8.56. The highest BCUT2D eigenvalue weighted by atomic mass is 16.6. The third-order valence-corrected chi connectivity index (χ3v) is 5.31. The van der Waals surface area contributed by atoms with Crippen LogP contribution in [0.5, 0.6) is 0 Å². The summed E-state index contributed by atoms with van der Waals surface area (Å²) in [5, 5.41) is 0. The SMILES string of the molecule is COC1(C#Cc2ccccn2)CC[C@@H](C(=O)OC(C)(C)C)[C@H](c2ccccc2)C1. The molecular weight excluding hydrogens is 362 g/mol. The van der Waals surface area contributed by atoms with Crippen LogP contribution in [-0.4, -0.2) is 29.3 Å². The molecule has 1 aliphatic rings. The van der Waals surface area contributed by atoms with Crippen LogP contribution in [0, 0.1) is 17.8 Å². The zero-order chi connectivity index (χ0) is 20.9. The molecule has 4 nitrogen and oxygen atoms in total. The number of carbonyl (C=O) groups excluding carboxylic acids is 1. The van der Waals surface area contributed by atoms with E-state index in [1.165, 1.54) is 0 Å². The maximum atomic E-state index is 13.0. The Morgan fingerprint density at radius 3 is 2.48 bits per heavy atom. The second kappa shape index (κ2) is 8.80. The van der Waals surface area contributed by atoms with Crippen molar-refractivity contribution in [2.45, 2.75) is 57.2 Å². The summed E-state index contributed by atoms with van der Waals surface area (Å²) in [4.78, 5) is 17.3. The van der Waals surface area contributed by atoms with Gasteiger partial charge in [0.15, 0.2) is 0 Å². The lowest BCUT2D eigenvalue weighted by molar-refractivity contribution is -0.163. The number of nitrogens with zero attached hydrogens (tertiary/aromatic N) is 1. The van der Waals surface area contributed by atoms with Gasteiger partial charge in [0.1, 0.15) is 16.9 Å². The number of methoxy groups -OCH3 is 1. The molecule has 3 atom stereocenters. The molecule has 0 N–H and O–H groups in total. The monoisotopic (exact) mass is 391 g/mol. The molecule has 1 saturated carbocycles. The number of ether oxygens (including phenoxy) is 2. The van der Waals surface area contributed by atoms with Gasteiger partial charge < -0.3 is 9.47 Å². The molecule has 1 aromatic heterocycles. The van der Waals surface area contributed by atoms with Crippen LogP contribution in [0.2, 0.25) is 0 Å². The first-order valence-electron chi connectivity index (χ1n) is 10.1. The smallest absolute Gasteiger partial charge is 0.310 e. The Balaban J connectivity index is 1.91. The van der Waals surface area contributed by atoms with Crippen LogP contribution in [0.4, 0.5) is 0 Å². The summed E-state index contributed by atoms with van der Waals surface area (Å²) in [5.74, 6) is 6.11. The number of carbonyl (C=O) groups is 1. The van der Waals surface area contributed by atoms with Crippen LogP contribution in [0.1, 0.15) is 57.2 Å². The highest BCUT2D eigenvalue weighted by molar-refractivity contribution is 5.74. The number of hydrogen-bond donors (Lipinski definition) is 0. The average molecular weight is 392 g/mol. The van der Waals surface area contributed by atoms with Crippen molar-refractivity contribution in [3.63, 3.8) is 0 Å². The molecule has 0 amide bonds. The Labute approximate surface area is 173 Å². The van der Waals surface area contributed by atoms with Crippen LogP contribution < -0.4 is 0 Å². The predicted octanol–water partition coefficient (Wildman–Crippen LogP) is 4.74. The molecule has 152 valence electrons. The third-order valence-electron chi connectivity index (χ3n) is 5.31.